The van der Waals surface area contributed by atoms with Crippen molar-refractivity contribution in [2.75, 3.05) is 7.05 Å². The fourth-order valence-corrected chi connectivity index (χ4v) is 9.22. The molecule has 0 amide bonds. The van der Waals surface area contributed by atoms with Crippen molar-refractivity contribution in [1.29, 1.82) is 0 Å². The summed E-state index contributed by atoms with van der Waals surface area (Å²) < 4.78 is 4.24. The number of phenolic OH excluding ortho intramolecular Hbond substituents is 2. The predicted octanol–water partition coefficient (Wildman–Crippen LogP) is 8.81. The molecule has 11 rings (SSSR count). The Morgan fingerprint density at radius 1 is 0.468 bits per heavy atom. The average Bonchev–Trinajstić information content (AvgIpc) is 3.83. The number of aromatic nitrogens is 2. The predicted molar refractivity (Wildman–Crippen MR) is 258 cm³/mol. The number of fused-ring (bicyclic) bond motifs is 6. The SMILES string of the molecule is [B]c1c([B])c(-n2c3ccccc3c3cc(-c4ccc5c(c4)c4ccccc4n5-c4ccc(C5C=C(c6ccccc6)N=C(c6ccccc6)N5C)cc4)ccc32)c([B])c(O)c1O. The lowest BCUT2D eigenvalue weighted by Gasteiger charge is -2.33. The van der Waals surface area contributed by atoms with E-state index in [1.165, 1.54) is 5.56 Å². The van der Waals surface area contributed by atoms with Gasteiger partial charge in [-0.05, 0) is 82.3 Å². The van der Waals surface area contributed by atoms with Gasteiger partial charge in [0.2, 0.25) is 0 Å². The Morgan fingerprint density at radius 2 is 0.968 bits per heavy atom. The third kappa shape index (κ3) is 5.80. The Labute approximate surface area is 362 Å². The van der Waals surface area contributed by atoms with E-state index >= 15 is 0 Å². The smallest absolute Gasteiger partial charge is 0.151 e. The van der Waals surface area contributed by atoms with Crippen molar-refractivity contribution >= 4 is 95.1 Å². The van der Waals surface area contributed by atoms with Crippen molar-refractivity contribution in [2.24, 2.45) is 4.99 Å². The Kier molecular flexibility index (Phi) is 8.76. The largest absolute Gasteiger partial charge is 0.505 e. The molecule has 9 heteroatoms. The summed E-state index contributed by atoms with van der Waals surface area (Å²) in [6.07, 6.45) is 2.26. The van der Waals surface area contributed by atoms with Crippen LogP contribution in [-0.4, -0.2) is 60.7 Å². The van der Waals surface area contributed by atoms with Gasteiger partial charge in [-0.1, -0.05) is 132 Å². The van der Waals surface area contributed by atoms with E-state index in [0.717, 1.165) is 83.1 Å². The first kappa shape index (κ1) is 37.4. The van der Waals surface area contributed by atoms with Gasteiger partial charge in [-0.15, -0.1) is 0 Å². The number of hydrogen-bond acceptors (Lipinski definition) is 4. The van der Waals surface area contributed by atoms with E-state index < -0.39 is 11.5 Å². The third-order valence-electron chi connectivity index (χ3n) is 12.3. The Hall–Kier alpha value is -7.64. The average molecular weight is 792 g/mol. The Balaban J connectivity index is 0.998. The Morgan fingerprint density at radius 3 is 1.58 bits per heavy atom. The highest BCUT2D eigenvalue weighted by Crippen LogP contribution is 2.39. The molecule has 2 aromatic heterocycles. The second kappa shape index (κ2) is 14.5. The zero-order chi connectivity index (χ0) is 42.2. The highest BCUT2D eigenvalue weighted by Gasteiger charge is 2.26. The van der Waals surface area contributed by atoms with E-state index in [9.17, 15) is 10.2 Å². The summed E-state index contributed by atoms with van der Waals surface area (Å²) in [6, 6.07) is 59.1. The minimum absolute atomic E-state index is 0.0277. The molecule has 6 radical (unpaired) electrons. The van der Waals surface area contributed by atoms with E-state index in [-0.39, 0.29) is 22.4 Å². The van der Waals surface area contributed by atoms with Gasteiger partial charge < -0.3 is 24.2 Å². The fourth-order valence-electron chi connectivity index (χ4n) is 9.22. The molecule has 1 aliphatic rings. The number of aliphatic imine (C=N–C) groups is 1. The molecule has 0 spiro atoms. The molecule has 8 aromatic carbocycles. The second-order valence-corrected chi connectivity index (χ2v) is 15.8. The van der Waals surface area contributed by atoms with Crippen LogP contribution in [0.4, 0.5) is 0 Å². The van der Waals surface area contributed by atoms with Crippen molar-refractivity contribution in [3.8, 4) is 34.0 Å². The molecule has 2 N–H and O–H groups in total. The van der Waals surface area contributed by atoms with Gasteiger partial charge in [-0.3, -0.25) is 0 Å². The quantitative estimate of drug-likeness (QED) is 0.131. The van der Waals surface area contributed by atoms with Gasteiger partial charge in [-0.2, -0.15) is 0 Å². The first-order chi connectivity index (χ1) is 30.3. The summed E-state index contributed by atoms with van der Waals surface area (Å²) in [7, 11) is 21.2. The van der Waals surface area contributed by atoms with Crippen LogP contribution in [0.15, 0.2) is 181 Å². The van der Waals surface area contributed by atoms with Crippen molar-refractivity contribution in [1.82, 2.24) is 14.0 Å². The molecule has 3 heterocycles. The van der Waals surface area contributed by atoms with Crippen LogP contribution in [-0.2, 0) is 0 Å². The van der Waals surface area contributed by atoms with Crippen molar-refractivity contribution in [2.45, 2.75) is 6.04 Å². The topological polar surface area (TPSA) is 65.9 Å². The summed E-state index contributed by atoms with van der Waals surface area (Å²) >= 11 is 0. The van der Waals surface area contributed by atoms with Crippen LogP contribution in [0.25, 0.3) is 71.8 Å². The lowest BCUT2D eigenvalue weighted by molar-refractivity contribution is 0.410. The molecule has 0 fully saturated rings. The van der Waals surface area contributed by atoms with Crippen molar-refractivity contribution in [3.63, 3.8) is 0 Å². The molecule has 10 aromatic rings. The monoisotopic (exact) mass is 792 g/mol. The van der Waals surface area contributed by atoms with Gasteiger partial charge >= 0.3 is 0 Å². The lowest BCUT2D eigenvalue weighted by atomic mass is 9.74. The second-order valence-electron chi connectivity index (χ2n) is 15.8. The zero-order valence-corrected chi connectivity index (χ0v) is 33.7. The minimum Gasteiger partial charge on any atom is -0.505 e. The number of hydrogen-bond donors (Lipinski definition) is 2. The fraction of sp³-hybridized carbons (Fsp3) is 0.0377. The third-order valence-corrected chi connectivity index (χ3v) is 12.3. The van der Waals surface area contributed by atoms with Crippen molar-refractivity contribution < 1.29 is 10.2 Å². The van der Waals surface area contributed by atoms with Gasteiger partial charge in [0.25, 0.3) is 0 Å². The number of rotatable bonds is 6. The Bertz CT molecular complexity index is 3450. The van der Waals surface area contributed by atoms with Gasteiger partial charge in [0.15, 0.2) is 5.75 Å². The van der Waals surface area contributed by atoms with Crippen LogP contribution in [0.3, 0.4) is 0 Å². The number of amidine groups is 1. The molecule has 0 saturated carbocycles. The maximum atomic E-state index is 10.7. The first-order valence-corrected chi connectivity index (χ1v) is 20.5. The number of aromatic hydroxyl groups is 2. The summed E-state index contributed by atoms with van der Waals surface area (Å²) in [5.41, 5.74) is 11.6. The molecular weight excluding hydrogens is 757 g/mol. The summed E-state index contributed by atoms with van der Waals surface area (Å²) in [6.45, 7) is 0. The van der Waals surface area contributed by atoms with Crippen LogP contribution in [0.1, 0.15) is 22.7 Å². The van der Waals surface area contributed by atoms with E-state index in [1.807, 2.05) is 41.0 Å². The van der Waals surface area contributed by atoms with E-state index in [1.54, 1.807) is 0 Å². The van der Waals surface area contributed by atoms with Gasteiger partial charge in [0.1, 0.15) is 35.1 Å². The maximum Gasteiger partial charge on any atom is 0.151 e. The van der Waals surface area contributed by atoms with Crippen LogP contribution in [0, 0.1) is 0 Å². The molecule has 6 nitrogen and oxygen atoms in total. The standard InChI is InChI=1S/C53H35B3N4O2/c1-58-46(30-41(31-12-4-2-5-13-31)57-53(58)33-14-6-3-7-15-33)32-20-24-36(25-21-32)59-42-18-10-8-16-37(42)39-28-34(22-26-44(39)59)35-23-27-45-40(29-35)38-17-9-11-19-43(38)60(45)50-47(54)48(55)51(61)52(62)49(50)56/h2-30,46,61-62H,1H3. The normalized spacial score (nSPS) is 14.2. The van der Waals surface area contributed by atoms with Crippen LogP contribution in [0.5, 0.6) is 11.5 Å². The summed E-state index contributed by atoms with van der Waals surface area (Å²) in [5, 5.41) is 25.3. The van der Waals surface area contributed by atoms with Gasteiger partial charge in [0, 0.05) is 45.5 Å². The zero-order valence-electron chi connectivity index (χ0n) is 33.7. The number of nitrogens with zero attached hydrogens (tertiary/aromatic N) is 4. The minimum atomic E-state index is -0.532. The molecule has 1 atom stereocenters. The highest BCUT2D eigenvalue weighted by molar-refractivity contribution is 6.55. The number of phenols is 2. The van der Waals surface area contributed by atoms with Crippen LogP contribution in [0.2, 0.25) is 0 Å². The molecule has 0 saturated heterocycles. The van der Waals surface area contributed by atoms with Crippen molar-refractivity contribution in [3.05, 3.63) is 193 Å². The van der Waals surface area contributed by atoms with Gasteiger partial charge in [-0.25, -0.2) is 4.99 Å². The van der Waals surface area contributed by atoms with E-state index in [0.29, 0.717) is 5.69 Å². The number of likely N-dealkylation sites (N-methyl/N-ethyl adjacent to an activating group) is 1. The lowest BCUT2D eigenvalue weighted by Crippen LogP contribution is -2.36. The molecule has 1 aliphatic heterocycles. The van der Waals surface area contributed by atoms with Crippen LogP contribution >= 0.6 is 0 Å². The molecule has 0 bridgehead atoms. The molecule has 1 unspecified atom stereocenters. The summed E-state index contributed by atoms with van der Waals surface area (Å²) in [4.78, 5) is 7.42. The van der Waals surface area contributed by atoms with E-state index in [2.05, 4.69) is 156 Å². The van der Waals surface area contributed by atoms with Crippen LogP contribution < -0.4 is 16.4 Å². The van der Waals surface area contributed by atoms with E-state index in [4.69, 9.17) is 28.5 Å². The van der Waals surface area contributed by atoms with Gasteiger partial charge in [0.05, 0.1) is 33.8 Å². The molecular formula is C53H35B3N4O2. The molecule has 62 heavy (non-hydrogen) atoms. The summed E-state index contributed by atoms with van der Waals surface area (Å²) in [5.74, 6) is -0.103. The first-order valence-electron chi connectivity index (χ1n) is 20.5. The molecule has 0 aliphatic carbocycles. The highest BCUT2D eigenvalue weighted by atomic mass is 16.3. The number of benzene rings is 8. The molecule has 288 valence electrons. The number of para-hydroxylation sites is 2. The maximum absolute atomic E-state index is 10.7.